The number of ketones is 1. The largest absolute Gasteiger partial charge is 0.493 e. The van der Waals surface area contributed by atoms with E-state index >= 15 is 0 Å². The molecule has 0 fully saturated rings. The van der Waals surface area contributed by atoms with Gasteiger partial charge in [-0.15, -0.1) is 0 Å². The summed E-state index contributed by atoms with van der Waals surface area (Å²) in [5, 5.41) is 0.504. The fourth-order valence-corrected chi connectivity index (χ4v) is 2.91. The molecule has 0 amide bonds. The molecule has 25 heavy (non-hydrogen) atoms. The van der Waals surface area contributed by atoms with Crippen molar-refractivity contribution in [1.82, 2.24) is 4.98 Å². The number of carbonyl (C=O) groups excluding carboxylic acids is 1. The number of halogens is 1. The van der Waals surface area contributed by atoms with E-state index in [1.54, 1.807) is 25.3 Å². The fraction of sp³-hybridized carbons (Fsp3) is 0.300. The molecule has 0 N–H and O–H groups in total. The van der Waals surface area contributed by atoms with Crippen molar-refractivity contribution in [3.63, 3.8) is 0 Å². The number of carbonyl (C=O) groups is 1. The second-order valence-corrected chi connectivity index (χ2v) is 6.67. The van der Waals surface area contributed by atoms with E-state index in [0.29, 0.717) is 29.7 Å². The molecule has 0 saturated heterocycles. The van der Waals surface area contributed by atoms with Crippen molar-refractivity contribution in [3.8, 4) is 17.4 Å². The number of allylic oxidation sites excluding steroid dienone is 1. The molecule has 2 aromatic rings. The Bertz CT molecular complexity index is 799. The molecule has 1 atom stereocenters. The van der Waals surface area contributed by atoms with Gasteiger partial charge in [0.2, 0.25) is 5.88 Å². The van der Waals surface area contributed by atoms with Crippen molar-refractivity contribution in [2.45, 2.75) is 26.7 Å². The number of nitrogens with zero attached hydrogens (tertiary/aromatic N) is 1. The second-order valence-electron chi connectivity index (χ2n) is 6.26. The minimum absolute atomic E-state index is 0.190. The first kappa shape index (κ1) is 17.5. The predicted molar refractivity (Wildman–Crippen MR) is 98.5 cm³/mol. The molecular weight excluding hydrogens is 338 g/mol. The van der Waals surface area contributed by atoms with Gasteiger partial charge in [-0.3, -0.25) is 0 Å². The monoisotopic (exact) mass is 357 g/mol. The topological polar surface area (TPSA) is 48.4 Å². The number of benzene rings is 1. The molecule has 2 heterocycles. The molecule has 0 spiro atoms. The standard InChI is InChI=1S/C20H20ClNO3/c1-13(9-14(2)23)3-4-15-5-6-20(22-12-15)25-19-10-16-7-8-24-18(16)11-17(19)21/h3-6,10-13H,7-9H2,1-2H3/b4-3+/t13-/m0/s1. The molecule has 0 radical (unpaired) electrons. The van der Waals surface area contributed by atoms with Gasteiger partial charge in [-0.2, -0.15) is 0 Å². The van der Waals surface area contributed by atoms with E-state index in [9.17, 15) is 4.79 Å². The number of ether oxygens (including phenoxy) is 2. The van der Waals surface area contributed by atoms with E-state index in [2.05, 4.69) is 4.98 Å². The Morgan fingerprint density at radius 3 is 3.00 bits per heavy atom. The van der Waals surface area contributed by atoms with Crippen LogP contribution in [0.5, 0.6) is 17.4 Å². The van der Waals surface area contributed by atoms with Gasteiger partial charge in [0.25, 0.3) is 0 Å². The summed E-state index contributed by atoms with van der Waals surface area (Å²) in [6, 6.07) is 7.41. The van der Waals surface area contributed by atoms with Gasteiger partial charge in [-0.1, -0.05) is 30.7 Å². The van der Waals surface area contributed by atoms with Crippen molar-refractivity contribution in [1.29, 1.82) is 0 Å². The minimum atomic E-state index is 0.190. The zero-order chi connectivity index (χ0) is 17.8. The van der Waals surface area contributed by atoms with E-state index in [0.717, 1.165) is 23.3 Å². The number of hydrogen-bond acceptors (Lipinski definition) is 4. The van der Waals surface area contributed by atoms with E-state index < -0.39 is 0 Å². The van der Waals surface area contributed by atoms with E-state index in [1.165, 1.54) is 0 Å². The van der Waals surface area contributed by atoms with E-state index in [1.807, 2.05) is 31.2 Å². The summed E-state index contributed by atoms with van der Waals surface area (Å²) >= 11 is 6.24. The molecule has 1 aliphatic heterocycles. The Hall–Kier alpha value is -2.33. The Morgan fingerprint density at radius 1 is 1.44 bits per heavy atom. The highest BCUT2D eigenvalue weighted by molar-refractivity contribution is 6.32. The van der Waals surface area contributed by atoms with Crippen LogP contribution in [-0.4, -0.2) is 17.4 Å². The van der Waals surface area contributed by atoms with Gasteiger partial charge < -0.3 is 14.3 Å². The molecule has 0 aliphatic carbocycles. The van der Waals surface area contributed by atoms with Crippen molar-refractivity contribution in [2.24, 2.45) is 5.92 Å². The average Bonchev–Trinajstić information content (AvgIpc) is 3.01. The molecule has 1 aromatic heterocycles. The number of fused-ring (bicyclic) bond motifs is 1. The Labute approximate surface area is 152 Å². The predicted octanol–water partition coefficient (Wildman–Crippen LogP) is 5.09. The maximum Gasteiger partial charge on any atom is 0.219 e. The van der Waals surface area contributed by atoms with Gasteiger partial charge in [0.15, 0.2) is 0 Å². The van der Waals surface area contributed by atoms with Crippen LogP contribution in [0.4, 0.5) is 0 Å². The van der Waals surface area contributed by atoms with Crippen LogP contribution in [-0.2, 0) is 11.2 Å². The molecule has 0 saturated carbocycles. The molecule has 130 valence electrons. The van der Waals surface area contributed by atoms with Crippen LogP contribution < -0.4 is 9.47 Å². The molecule has 3 rings (SSSR count). The van der Waals surface area contributed by atoms with Gasteiger partial charge in [0.1, 0.15) is 17.3 Å². The highest BCUT2D eigenvalue weighted by Crippen LogP contribution is 2.37. The highest BCUT2D eigenvalue weighted by Gasteiger charge is 2.16. The second kappa shape index (κ2) is 7.70. The third kappa shape index (κ3) is 4.60. The Kier molecular flexibility index (Phi) is 5.39. The molecule has 1 aliphatic rings. The van der Waals surface area contributed by atoms with Crippen LogP contribution in [0.2, 0.25) is 5.02 Å². The lowest BCUT2D eigenvalue weighted by atomic mass is 10.0. The SMILES string of the molecule is CC(=O)C[C@@H](C)/C=C/c1ccc(Oc2cc3c(cc2Cl)OCC3)nc1. The van der Waals surface area contributed by atoms with Gasteiger partial charge in [0.05, 0.1) is 11.6 Å². The smallest absolute Gasteiger partial charge is 0.219 e. The summed E-state index contributed by atoms with van der Waals surface area (Å²) in [6.45, 7) is 4.30. The summed E-state index contributed by atoms with van der Waals surface area (Å²) in [6.07, 6.45) is 7.11. The Balaban J connectivity index is 1.67. The van der Waals surface area contributed by atoms with E-state index in [4.69, 9.17) is 21.1 Å². The summed E-state index contributed by atoms with van der Waals surface area (Å²) in [5.74, 6) is 2.29. The van der Waals surface area contributed by atoms with E-state index in [-0.39, 0.29) is 11.7 Å². The summed E-state index contributed by atoms with van der Waals surface area (Å²) in [5.41, 5.74) is 2.05. The molecule has 0 unspecified atom stereocenters. The first-order chi connectivity index (χ1) is 12.0. The summed E-state index contributed by atoms with van der Waals surface area (Å²) in [4.78, 5) is 15.4. The van der Waals surface area contributed by atoms with Crippen molar-refractivity contribution >= 4 is 23.5 Å². The third-order valence-corrected chi connectivity index (χ3v) is 4.24. The molecular formula is C20H20ClNO3. The Morgan fingerprint density at radius 2 is 2.28 bits per heavy atom. The number of Topliss-reactive ketones (excluding diaryl/α,β-unsaturated/α-hetero) is 1. The van der Waals surface area contributed by atoms with Crippen molar-refractivity contribution < 1.29 is 14.3 Å². The quantitative estimate of drug-likeness (QED) is 0.722. The first-order valence-electron chi connectivity index (χ1n) is 8.28. The molecule has 0 bridgehead atoms. The fourth-order valence-electron chi connectivity index (χ4n) is 2.72. The zero-order valence-corrected chi connectivity index (χ0v) is 15.0. The first-order valence-corrected chi connectivity index (χ1v) is 8.66. The summed E-state index contributed by atoms with van der Waals surface area (Å²) < 4.78 is 11.3. The number of pyridine rings is 1. The zero-order valence-electron chi connectivity index (χ0n) is 14.3. The number of aromatic nitrogens is 1. The van der Waals surface area contributed by atoms with Crippen molar-refractivity contribution in [3.05, 3.63) is 52.7 Å². The third-order valence-electron chi connectivity index (χ3n) is 3.94. The lowest BCUT2D eigenvalue weighted by Crippen LogP contribution is -1.97. The van der Waals surface area contributed by atoms with Gasteiger partial charge in [-0.05, 0) is 30.5 Å². The van der Waals surface area contributed by atoms with Crippen molar-refractivity contribution in [2.75, 3.05) is 6.61 Å². The molecule has 1 aromatic carbocycles. The van der Waals surface area contributed by atoms with Crippen LogP contribution in [0.1, 0.15) is 31.4 Å². The maximum absolute atomic E-state index is 11.1. The van der Waals surface area contributed by atoms with Gasteiger partial charge >= 0.3 is 0 Å². The molecule has 5 heteroatoms. The minimum Gasteiger partial charge on any atom is -0.493 e. The van der Waals surface area contributed by atoms with Gasteiger partial charge in [0, 0.05) is 36.7 Å². The lowest BCUT2D eigenvalue weighted by molar-refractivity contribution is -0.117. The van der Waals surface area contributed by atoms with Crippen LogP contribution in [0.3, 0.4) is 0 Å². The average molecular weight is 358 g/mol. The lowest BCUT2D eigenvalue weighted by Gasteiger charge is -2.09. The maximum atomic E-state index is 11.1. The summed E-state index contributed by atoms with van der Waals surface area (Å²) in [7, 11) is 0. The molecule has 4 nitrogen and oxygen atoms in total. The van der Waals surface area contributed by atoms with Crippen LogP contribution in [0.15, 0.2) is 36.5 Å². The van der Waals surface area contributed by atoms with Gasteiger partial charge in [-0.25, -0.2) is 4.98 Å². The van der Waals surface area contributed by atoms with Crippen LogP contribution >= 0.6 is 11.6 Å². The van der Waals surface area contributed by atoms with Crippen LogP contribution in [0.25, 0.3) is 6.08 Å². The normalized spacial score (nSPS) is 14.2. The number of hydrogen-bond donors (Lipinski definition) is 0. The van der Waals surface area contributed by atoms with Crippen LogP contribution in [0, 0.1) is 5.92 Å². The highest BCUT2D eigenvalue weighted by atomic mass is 35.5. The number of rotatable bonds is 6.